The van der Waals surface area contributed by atoms with Crippen LogP contribution in [-0.2, 0) is 0 Å². The summed E-state index contributed by atoms with van der Waals surface area (Å²) in [5, 5.41) is 23.8. The molecule has 5 aromatic rings. The summed E-state index contributed by atoms with van der Waals surface area (Å²) in [6.45, 7) is 3.81. The van der Waals surface area contributed by atoms with Gasteiger partial charge in [-0.15, -0.1) is 0 Å². The molecule has 2 N–H and O–H groups in total. The highest BCUT2D eigenvalue weighted by atomic mass is 19.1. The Labute approximate surface area is 206 Å². The summed E-state index contributed by atoms with van der Waals surface area (Å²) in [7, 11) is 0. The van der Waals surface area contributed by atoms with Crippen LogP contribution in [0.1, 0.15) is 0 Å². The molecule has 10 heteroatoms. The van der Waals surface area contributed by atoms with Gasteiger partial charge in [-0.25, -0.2) is 9.37 Å². The Morgan fingerprint density at radius 1 is 1.06 bits per heavy atom. The average molecular weight is 489 g/mol. The van der Waals surface area contributed by atoms with Crippen LogP contribution < -0.4 is 9.64 Å². The molecule has 1 unspecified atom stereocenters. The van der Waals surface area contributed by atoms with Gasteiger partial charge in [0.25, 0.3) is 5.71 Å². The molecular weight excluding hydrogens is 463 g/mol. The third-order valence-electron chi connectivity index (χ3n) is 6.45. The number of halogens is 1. The minimum Gasteiger partial charge on any atom is -0.491 e. The third-order valence-corrected chi connectivity index (χ3v) is 6.45. The summed E-state index contributed by atoms with van der Waals surface area (Å²) in [5.74, 6) is 1.21. The van der Waals surface area contributed by atoms with Crippen LogP contribution in [0.25, 0.3) is 33.3 Å². The van der Waals surface area contributed by atoms with Crippen molar-refractivity contribution in [3.63, 3.8) is 0 Å². The van der Waals surface area contributed by atoms with Crippen LogP contribution in [0.2, 0.25) is 0 Å². The van der Waals surface area contributed by atoms with Crippen LogP contribution in [0, 0.1) is 5.82 Å². The van der Waals surface area contributed by atoms with Crippen molar-refractivity contribution in [3.05, 3.63) is 66.6 Å². The van der Waals surface area contributed by atoms with Crippen molar-refractivity contribution in [1.29, 1.82) is 0 Å². The van der Waals surface area contributed by atoms with Gasteiger partial charge in [0.2, 0.25) is 0 Å². The molecule has 0 spiro atoms. The van der Waals surface area contributed by atoms with E-state index in [9.17, 15) is 9.50 Å². The van der Waals surface area contributed by atoms with Gasteiger partial charge < -0.3 is 19.3 Å². The number of nitrogens with one attached hydrogen (secondary N) is 1. The van der Waals surface area contributed by atoms with E-state index >= 15 is 0 Å². The molecule has 2 aromatic carbocycles. The van der Waals surface area contributed by atoms with E-state index in [1.54, 1.807) is 12.3 Å². The number of aromatic nitrogens is 4. The zero-order chi connectivity index (χ0) is 24.5. The van der Waals surface area contributed by atoms with Gasteiger partial charge in [-0.3, -0.25) is 10.00 Å². The first-order valence-corrected chi connectivity index (χ1v) is 11.9. The van der Waals surface area contributed by atoms with Crippen molar-refractivity contribution in [1.82, 2.24) is 25.2 Å². The Morgan fingerprint density at radius 2 is 1.94 bits per heavy atom. The van der Waals surface area contributed by atoms with E-state index in [2.05, 4.69) is 30.1 Å². The number of benzene rings is 2. The molecular formula is C26H25FN6O3. The maximum atomic E-state index is 13.5. The highest BCUT2D eigenvalue weighted by Crippen LogP contribution is 2.29. The highest BCUT2D eigenvalue weighted by Gasteiger charge is 2.22. The van der Waals surface area contributed by atoms with E-state index < -0.39 is 6.10 Å². The Bertz CT molecular complexity index is 1490. The maximum Gasteiger partial charge on any atom is 0.258 e. The Morgan fingerprint density at radius 3 is 2.83 bits per heavy atom. The fourth-order valence-corrected chi connectivity index (χ4v) is 4.63. The van der Waals surface area contributed by atoms with E-state index in [0.717, 1.165) is 48.3 Å². The SMILES string of the molecule is OC(COc1cccc(-c2noc3ncccc23)c1)CN1CCN(c2n[nH]c3cc(F)ccc23)CC1. The Kier molecular flexibility index (Phi) is 5.96. The molecule has 0 radical (unpaired) electrons. The summed E-state index contributed by atoms with van der Waals surface area (Å²) in [6.07, 6.45) is 1.03. The lowest BCUT2D eigenvalue weighted by molar-refractivity contribution is 0.0663. The van der Waals surface area contributed by atoms with E-state index in [-0.39, 0.29) is 12.4 Å². The van der Waals surface area contributed by atoms with Gasteiger partial charge in [0.05, 0.1) is 10.9 Å². The lowest BCUT2D eigenvalue weighted by Gasteiger charge is -2.35. The molecule has 0 bridgehead atoms. The third kappa shape index (κ3) is 4.48. The summed E-state index contributed by atoms with van der Waals surface area (Å²) in [6, 6.07) is 16.0. The van der Waals surface area contributed by atoms with E-state index in [0.29, 0.717) is 29.2 Å². The summed E-state index contributed by atoms with van der Waals surface area (Å²) in [5.41, 5.74) is 2.75. The number of aliphatic hydroxyl groups excluding tert-OH is 1. The zero-order valence-electron chi connectivity index (χ0n) is 19.5. The maximum absolute atomic E-state index is 13.5. The molecule has 1 fully saturated rings. The van der Waals surface area contributed by atoms with Crippen molar-refractivity contribution in [2.24, 2.45) is 0 Å². The van der Waals surface area contributed by atoms with Crippen molar-refractivity contribution < 1.29 is 18.8 Å². The number of ether oxygens (including phenoxy) is 1. The normalized spacial score (nSPS) is 15.6. The number of pyridine rings is 1. The van der Waals surface area contributed by atoms with Crippen molar-refractivity contribution in [2.45, 2.75) is 6.10 Å². The predicted octanol–water partition coefficient (Wildman–Crippen LogP) is 3.47. The molecule has 6 rings (SSSR count). The standard InChI is InChI=1S/C26H25FN6O3/c27-18-6-7-21-23(14-18)29-30-25(21)33-11-9-32(10-12-33)15-19(34)16-35-20-4-1-3-17(13-20)24-22-5-2-8-28-26(22)36-31-24/h1-8,13-14,19,34H,9-12,15-16H2,(H,29,30). The quantitative estimate of drug-likeness (QED) is 0.359. The van der Waals surface area contributed by atoms with Crippen LogP contribution in [0.3, 0.4) is 0 Å². The number of H-pyrrole nitrogens is 1. The topological polar surface area (TPSA) is 104 Å². The lowest BCUT2D eigenvalue weighted by atomic mass is 10.1. The highest BCUT2D eigenvalue weighted by molar-refractivity contribution is 5.90. The smallest absolute Gasteiger partial charge is 0.258 e. The molecule has 1 aliphatic rings. The van der Waals surface area contributed by atoms with Gasteiger partial charge in [-0.05, 0) is 42.5 Å². The number of hydrogen-bond donors (Lipinski definition) is 2. The van der Waals surface area contributed by atoms with Gasteiger partial charge in [0, 0.05) is 49.9 Å². The first kappa shape index (κ1) is 22.4. The van der Waals surface area contributed by atoms with Gasteiger partial charge in [-0.1, -0.05) is 17.3 Å². The molecule has 0 aliphatic carbocycles. The second-order valence-corrected chi connectivity index (χ2v) is 8.90. The molecule has 36 heavy (non-hydrogen) atoms. The van der Waals surface area contributed by atoms with Crippen LogP contribution >= 0.6 is 0 Å². The molecule has 184 valence electrons. The number of aromatic amines is 1. The lowest BCUT2D eigenvalue weighted by Crippen LogP contribution is -2.49. The van der Waals surface area contributed by atoms with Gasteiger partial charge >= 0.3 is 0 Å². The van der Waals surface area contributed by atoms with Crippen LogP contribution in [0.5, 0.6) is 5.75 Å². The minimum atomic E-state index is -0.633. The number of fused-ring (bicyclic) bond motifs is 2. The summed E-state index contributed by atoms with van der Waals surface area (Å²) in [4.78, 5) is 8.58. The first-order chi connectivity index (χ1) is 17.6. The number of anilines is 1. The first-order valence-electron chi connectivity index (χ1n) is 11.9. The fraction of sp³-hybridized carbons (Fsp3) is 0.269. The molecule has 1 atom stereocenters. The van der Waals surface area contributed by atoms with Gasteiger partial charge in [0.1, 0.15) is 30.0 Å². The van der Waals surface area contributed by atoms with Crippen molar-refractivity contribution in [3.8, 4) is 17.0 Å². The monoisotopic (exact) mass is 488 g/mol. The molecule has 9 nitrogen and oxygen atoms in total. The molecule has 3 aromatic heterocycles. The predicted molar refractivity (Wildman–Crippen MR) is 133 cm³/mol. The van der Waals surface area contributed by atoms with Crippen molar-refractivity contribution >= 4 is 27.8 Å². The minimum absolute atomic E-state index is 0.181. The number of rotatable bonds is 7. The number of aliphatic hydroxyl groups is 1. The molecule has 1 aliphatic heterocycles. The molecule has 0 saturated carbocycles. The Hall–Kier alpha value is -4.02. The zero-order valence-corrected chi connectivity index (χ0v) is 19.5. The van der Waals surface area contributed by atoms with E-state index in [1.165, 1.54) is 12.1 Å². The number of hydrogen-bond acceptors (Lipinski definition) is 8. The van der Waals surface area contributed by atoms with Crippen LogP contribution in [-0.4, -0.2) is 75.8 Å². The molecule has 1 saturated heterocycles. The largest absolute Gasteiger partial charge is 0.491 e. The number of β-amino-alcohol motifs (C(OH)–C–C–N with tert-alkyl or cyclic N) is 1. The summed E-state index contributed by atoms with van der Waals surface area (Å²) >= 11 is 0. The molecule has 4 heterocycles. The van der Waals surface area contributed by atoms with E-state index in [1.807, 2.05) is 36.4 Å². The number of piperazine rings is 1. The van der Waals surface area contributed by atoms with Crippen molar-refractivity contribution in [2.75, 3.05) is 44.2 Å². The fourth-order valence-electron chi connectivity index (χ4n) is 4.63. The average Bonchev–Trinajstić information content (AvgIpc) is 3.52. The Balaban J connectivity index is 1.03. The number of nitrogens with zero attached hydrogens (tertiary/aromatic N) is 5. The van der Waals surface area contributed by atoms with Crippen LogP contribution in [0.15, 0.2) is 65.3 Å². The van der Waals surface area contributed by atoms with E-state index in [4.69, 9.17) is 9.26 Å². The second-order valence-electron chi connectivity index (χ2n) is 8.90. The molecule has 0 amide bonds. The summed E-state index contributed by atoms with van der Waals surface area (Å²) < 4.78 is 24.7. The van der Waals surface area contributed by atoms with Crippen LogP contribution in [0.4, 0.5) is 10.2 Å². The second kappa shape index (κ2) is 9.56. The van der Waals surface area contributed by atoms with Gasteiger partial charge in [-0.2, -0.15) is 5.10 Å². The van der Waals surface area contributed by atoms with Gasteiger partial charge in [0.15, 0.2) is 5.82 Å².